The van der Waals surface area contributed by atoms with Crippen LogP contribution >= 0.6 is 11.3 Å². The minimum atomic E-state index is 0.0179. The van der Waals surface area contributed by atoms with Gasteiger partial charge in [0.25, 0.3) is 6.71 Å². The molecule has 1 aromatic heterocycles. The van der Waals surface area contributed by atoms with Crippen molar-refractivity contribution in [3.8, 4) is 11.1 Å². The maximum absolute atomic E-state index is 2.68. The van der Waals surface area contributed by atoms with Crippen LogP contribution in [-0.2, 0) is 21.7 Å². The number of hydrogen-bond acceptors (Lipinski definition) is 3. The highest BCUT2D eigenvalue weighted by molar-refractivity contribution is 7.29. The van der Waals surface area contributed by atoms with Crippen LogP contribution < -0.4 is 25.5 Å². The molecule has 1 aliphatic carbocycles. The maximum atomic E-state index is 2.68. The number of benzene rings is 5. The Kier molecular flexibility index (Phi) is 8.49. The Bertz CT molecular complexity index is 2550. The molecule has 0 N–H and O–H groups in total. The fourth-order valence-electron chi connectivity index (χ4n) is 10.1. The molecule has 0 amide bonds. The second-order valence-electron chi connectivity index (χ2n) is 20.7. The number of anilines is 6. The molecule has 0 atom stereocenters. The molecule has 5 aromatic carbocycles. The summed E-state index contributed by atoms with van der Waals surface area (Å²) in [6.07, 6.45) is 2.37. The van der Waals surface area contributed by atoms with Crippen LogP contribution in [0.3, 0.4) is 0 Å². The van der Waals surface area contributed by atoms with Gasteiger partial charge in [0.05, 0.1) is 5.69 Å². The quantitative estimate of drug-likeness (QED) is 0.165. The van der Waals surface area contributed by atoms with Crippen LogP contribution in [0.25, 0.3) is 11.1 Å². The molecule has 0 saturated carbocycles. The smallest absolute Gasteiger partial charge is 0.264 e. The Labute approximate surface area is 347 Å². The molecule has 2 aliphatic heterocycles. The van der Waals surface area contributed by atoms with Crippen LogP contribution in [0.5, 0.6) is 0 Å². The lowest BCUT2D eigenvalue weighted by molar-refractivity contribution is 0.339. The molecular weight excluding hydrogens is 707 g/mol. The van der Waals surface area contributed by atoms with Crippen LogP contribution in [0.1, 0.15) is 120 Å². The second kappa shape index (κ2) is 12.7. The fourth-order valence-corrected chi connectivity index (χ4v) is 11.8. The molecule has 9 rings (SSSR count). The maximum Gasteiger partial charge on any atom is 0.264 e. The summed E-state index contributed by atoms with van der Waals surface area (Å²) in [5, 5.41) is 0. The lowest BCUT2D eigenvalue weighted by atomic mass is 9.35. The first-order valence-corrected chi connectivity index (χ1v) is 21.9. The van der Waals surface area contributed by atoms with Gasteiger partial charge in [0.2, 0.25) is 0 Å². The van der Waals surface area contributed by atoms with E-state index in [1.54, 1.807) is 10.4 Å². The summed E-state index contributed by atoms with van der Waals surface area (Å²) >= 11 is 2.11. The Morgan fingerprint density at radius 3 is 1.75 bits per heavy atom. The summed E-state index contributed by atoms with van der Waals surface area (Å²) in [7, 11) is 0. The molecule has 3 aliphatic rings. The zero-order chi connectivity index (χ0) is 40.6. The summed E-state index contributed by atoms with van der Waals surface area (Å²) in [6.45, 7) is 30.9. The summed E-state index contributed by atoms with van der Waals surface area (Å²) < 4.78 is 1.49. The predicted molar refractivity (Wildman–Crippen MR) is 251 cm³/mol. The third-order valence-corrected chi connectivity index (χ3v) is 15.1. The van der Waals surface area contributed by atoms with Crippen molar-refractivity contribution in [2.45, 2.75) is 125 Å². The van der Waals surface area contributed by atoms with E-state index in [1.165, 1.54) is 102 Å². The van der Waals surface area contributed by atoms with Gasteiger partial charge in [-0.3, -0.25) is 0 Å². The van der Waals surface area contributed by atoms with Gasteiger partial charge >= 0.3 is 0 Å². The molecular formula is C53H59BN2S. The number of thiophene rings is 1. The number of rotatable bonds is 3. The van der Waals surface area contributed by atoms with E-state index in [1.807, 2.05) is 0 Å². The van der Waals surface area contributed by atoms with Crippen LogP contribution in [0.15, 0.2) is 97.1 Å². The molecule has 0 unspecified atom stereocenters. The minimum Gasteiger partial charge on any atom is -0.311 e. The highest BCUT2D eigenvalue weighted by Gasteiger charge is 2.50. The average molecular weight is 767 g/mol. The second-order valence-corrected chi connectivity index (χ2v) is 21.8. The number of hydrogen-bond donors (Lipinski definition) is 0. The Balaban J connectivity index is 1.36. The van der Waals surface area contributed by atoms with Crippen molar-refractivity contribution in [3.63, 3.8) is 0 Å². The first-order chi connectivity index (χ1) is 26.8. The SMILES string of the molecule is Cc1cc2c3c(c1)N(c1ccc(-c4c(C)cccc4C)cc1)c1c(sc4c1C(C)(C)CCC4(C)C)B3c1cc(C(C)(C)C)ccc1N2c1ccc(C(C)(C)C)cc1. The van der Waals surface area contributed by atoms with Gasteiger partial charge in [-0.05, 0) is 153 Å². The van der Waals surface area contributed by atoms with Crippen LogP contribution in [0, 0.1) is 20.8 Å². The van der Waals surface area contributed by atoms with Gasteiger partial charge in [0, 0.05) is 38.1 Å². The molecule has 0 radical (unpaired) electrons. The summed E-state index contributed by atoms with van der Waals surface area (Å²) in [4.78, 5) is 6.83. The van der Waals surface area contributed by atoms with Gasteiger partial charge in [0.1, 0.15) is 0 Å². The molecule has 3 heterocycles. The molecule has 2 nitrogen and oxygen atoms in total. The van der Waals surface area contributed by atoms with E-state index in [2.05, 4.69) is 208 Å². The number of fused-ring (bicyclic) bond motifs is 6. The molecule has 0 saturated heterocycles. The summed E-state index contributed by atoms with van der Waals surface area (Å²) in [5.41, 5.74) is 21.7. The zero-order valence-electron chi connectivity index (χ0n) is 36.5. The van der Waals surface area contributed by atoms with Gasteiger partial charge in [-0.1, -0.05) is 124 Å². The van der Waals surface area contributed by atoms with E-state index in [9.17, 15) is 0 Å². The van der Waals surface area contributed by atoms with E-state index >= 15 is 0 Å². The fraction of sp³-hybridized carbons (Fsp3) is 0.358. The lowest BCUT2D eigenvalue weighted by Gasteiger charge is -2.45. The number of aryl methyl sites for hydroxylation is 3. The van der Waals surface area contributed by atoms with Crippen molar-refractivity contribution >= 4 is 67.9 Å². The first kappa shape index (κ1) is 38.0. The molecule has 0 spiro atoms. The van der Waals surface area contributed by atoms with E-state index in [0.29, 0.717) is 0 Å². The van der Waals surface area contributed by atoms with Gasteiger partial charge < -0.3 is 9.80 Å². The Hall–Kier alpha value is -4.54. The highest BCUT2D eigenvalue weighted by atomic mass is 32.1. The normalized spacial score (nSPS) is 16.5. The molecule has 0 fully saturated rings. The van der Waals surface area contributed by atoms with Crippen LogP contribution in [0.4, 0.5) is 34.1 Å². The summed E-state index contributed by atoms with van der Waals surface area (Å²) in [6, 6.07) is 37.9. The molecule has 290 valence electrons. The summed E-state index contributed by atoms with van der Waals surface area (Å²) in [5.74, 6) is 0. The van der Waals surface area contributed by atoms with Crippen molar-refractivity contribution in [1.29, 1.82) is 0 Å². The van der Waals surface area contributed by atoms with Crippen molar-refractivity contribution in [1.82, 2.24) is 0 Å². The Morgan fingerprint density at radius 1 is 0.596 bits per heavy atom. The third-order valence-electron chi connectivity index (χ3n) is 13.4. The Morgan fingerprint density at radius 2 is 1.14 bits per heavy atom. The van der Waals surface area contributed by atoms with Gasteiger partial charge in [-0.2, -0.15) is 11.3 Å². The standard InChI is InChI=1S/C53H59BN2S/c1-32-29-42-46-43(30-32)56(39-22-17-35(18-23-39)44-33(2)15-14-16-34(44)3)47-45-48(53(12,13)28-27-52(45,10)11)57-49(47)54(46)40-31-37(51(7,8)9)21-26-41(40)55(42)38-24-19-36(20-25-38)50(4,5)6/h14-26,29-31H,27-28H2,1-13H3. The average Bonchev–Trinajstić information content (AvgIpc) is 3.56. The van der Waals surface area contributed by atoms with Crippen molar-refractivity contribution in [2.75, 3.05) is 9.80 Å². The first-order valence-electron chi connectivity index (χ1n) is 21.1. The highest BCUT2D eigenvalue weighted by Crippen LogP contribution is 2.56. The van der Waals surface area contributed by atoms with Crippen molar-refractivity contribution in [3.05, 3.63) is 135 Å². The third kappa shape index (κ3) is 5.95. The zero-order valence-corrected chi connectivity index (χ0v) is 37.3. The molecule has 4 heteroatoms. The minimum absolute atomic E-state index is 0.0179. The van der Waals surface area contributed by atoms with Gasteiger partial charge in [-0.25, -0.2) is 0 Å². The topological polar surface area (TPSA) is 6.48 Å². The van der Waals surface area contributed by atoms with Gasteiger partial charge in [-0.15, -0.1) is 0 Å². The van der Waals surface area contributed by atoms with Crippen LogP contribution in [0.2, 0.25) is 0 Å². The van der Waals surface area contributed by atoms with E-state index in [0.717, 1.165) is 0 Å². The van der Waals surface area contributed by atoms with Crippen molar-refractivity contribution in [2.24, 2.45) is 0 Å². The van der Waals surface area contributed by atoms with E-state index < -0.39 is 0 Å². The predicted octanol–water partition coefficient (Wildman–Crippen LogP) is 13.4. The van der Waals surface area contributed by atoms with Crippen molar-refractivity contribution < 1.29 is 0 Å². The number of nitrogens with zero attached hydrogens (tertiary/aromatic N) is 2. The molecule has 0 bridgehead atoms. The van der Waals surface area contributed by atoms with E-state index in [4.69, 9.17) is 0 Å². The molecule has 57 heavy (non-hydrogen) atoms. The largest absolute Gasteiger partial charge is 0.311 e. The molecule has 6 aromatic rings. The van der Waals surface area contributed by atoms with Crippen LogP contribution in [-0.4, -0.2) is 6.71 Å². The van der Waals surface area contributed by atoms with Gasteiger partial charge in [0.15, 0.2) is 0 Å². The monoisotopic (exact) mass is 766 g/mol. The lowest BCUT2D eigenvalue weighted by Crippen LogP contribution is -2.61. The van der Waals surface area contributed by atoms with E-state index in [-0.39, 0.29) is 28.4 Å².